The van der Waals surface area contributed by atoms with Gasteiger partial charge in [-0.3, -0.25) is 9.78 Å². The van der Waals surface area contributed by atoms with Crippen LogP contribution in [0.4, 0.5) is 0 Å². The zero-order valence-corrected chi connectivity index (χ0v) is 14.2. The minimum atomic E-state index is -0.740. The highest BCUT2D eigenvalue weighted by Gasteiger charge is 2.45. The van der Waals surface area contributed by atoms with Gasteiger partial charge in [0.1, 0.15) is 12.4 Å². The van der Waals surface area contributed by atoms with E-state index in [0.717, 1.165) is 16.8 Å². The highest BCUT2D eigenvalue weighted by molar-refractivity contribution is 5.75. The van der Waals surface area contributed by atoms with Gasteiger partial charge in [0.15, 0.2) is 0 Å². The van der Waals surface area contributed by atoms with Gasteiger partial charge in [-0.05, 0) is 41.3 Å². The summed E-state index contributed by atoms with van der Waals surface area (Å²) in [5.41, 5.74) is 4.26. The zero-order valence-electron chi connectivity index (χ0n) is 14.2. The SMILES string of the molecule is O=C(O)C1CC1c1ccc(OCc2cccc(-c3ccccc3)c2)cn1. The summed E-state index contributed by atoms with van der Waals surface area (Å²) < 4.78 is 5.83. The molecule has 4 heteroatoms. The Kier molecular flexibility index (Phi) is 4.40. The second-order valence-electron chi connectivity index (χ2n) is 6.56. The number of benzene rings is 2. The maximum absolute atomic E-state index is 10.9. The first-order chi connectivity index (χ1) is 12.7. The highest BCUT2D eigenvalue weighted by Crippen LogP contribution is 2.46. The van der Waals surface area contributed by atoms with E-state index < -0.39 is 5.97 Å². The topological polar surface area (TPSA) is 59.4 Å². The third-order valence-electron chi connectivity index (χ3n) is 4.69. The molecule has 4 nitrogen and oxygen atoms in total. The smallest absolute Gasteiger partial charge is 0.307 e. The van der Waals surface area contributed by atoms with Gasteiger partial charge < -0.3 is 9.84 Å². The third kappa shape index (κ3) is 3.59. The lowest BCUT2D eigenvalue weighted by Gasteiger charge is -2.08. The lowest BCUT2D eigenvalue weighted by molar-refractivity contribution is -0.138. The fourth-order valence-corrected chi connectivity index (χ4v) is 3.13. The molecule has 1 aliphatic carbocycles. The number of aromatic nitrogens is 1. The van der Waals surface area contributed by atoms with Crippen molar-refractivity contribution in [2.24, 2.45) is 5.92 Å². The van der Waals surface area contributed by atoms with Crippen molar-refractivity contribution in [3.8, 4) is 16.9 Å². The molecule has 26 heavy (non-hydrogen) atoms. The summed E-state index contributed by atoms with van der Waals surface area (Å²) in [5, 5.41) is 9.00. The second kappa shape index (κ2) is 7.00. The van der Waals surface area contributed by atoms with Gasteiger partial charge >= 0.3 is 5.97 Å². The van der Waals surface area contributed by atoms with Crippen molar-refractivity contribution < 1.29 is 14.6 Å². The Bertz CT molecular complexity index is 906. The number of ether oxygens (including phenoxy) is 1. The standard InChI is InChI=1S/C22H19NO3/c24-22(25)20-12-19(20)21-10-9-18(13-23-21)26-14-15-5-4-8-17(11-15)16-6-2-1-3-7-16/h1-11,13,19-20H,12,14H2,(H,24,25). The van der Waals surface area contributed by atoms with Crippen molar-refractivity contribution in [2.45, 2.75) is 18.9 Å². The van der Waals surface area contributed by atoms with E-state index in [2.05, 4.69) is 29.2 Å². The monoisotopic (exact) mass is 345 g/mol. The molecule has 3 aromatic rings. The molecule has 0 spiro atoms. The van der Waals surface area contributed by atoms with Gasteiger partial charge in [0, 0.05) is 11.6 Å². The van der Waals surface area contributed by atoms with E-state index in [1.807, 2.05) is 42.5 Å². The Labute approximate surface area is 152 Å². The van der Waals surface area contributed by atoms with Crippen LogP contribution in [0.1, 0.15) is 23.6 Å². The summed E-state index contributed by atoms with van der Waals surface area (Å²) in [6.07, 6.45) is 2.35. The largest absolute Gasteiger partial charge is 0.487 e. The van der Waals surface area contributed by atoms with Crippen molar-refractivity contribution in [3.05, 3.63) is 84.2 Å². The van der Waals surface area contributed by atoms with E-state index in [4.69, 9.17) is 9.84 Å². The molecule has 1 fully saturated rings. The molecule has 1 aliphatic rings. The molecule has 0 radical (unpaired) electrons. The average Bonchev–Trinajstić information content (AvgIpc) is 3.49. The normalized spacial score (nSPS) is 18.3. The zero-order chi connectivity index (χ0) is 17.9. The van der Waals surface area contributed by atoms with Crippen molar-refractivity contribution in [1.82, 2.24) is 4.98 Å². The van der Waals surface area contributed by atoms with Gasteiger partial charge in [-0.2, -0.15) is 0 Å². The molecule has 0 saturated heterocycles. The molecule has 130 valence electrons. The van der Waals surface area contributed by atoms with E-state index in [1.54, 1.807) is 6.20 Å². The van der Waals surface area contributed by atoms with E-state index in [1.165, 1.54) is 5.56 Å². The van der Waals surface area contributed by atoms with Gasteiger partial charge in [-0.1, -0.05) is 48.5 Å². The fourth-order valence-electron chi connectivity index (χ4n) is 3.13. The highest BCUT2D eigenvalue weighted by atomic mass is 16.5. The number of aliphatic carboxylic acids is 1. The number of carbonyl (C=O) groups is 1. The predicted octanol–water partition coefficient (Wildman–Crippen LogP) is 4.52. The Morgan fingerprint density at radius 3 is 2.54 bits per heavy atom. The number of rotatable bonds is 6. The summed E-state index contributed by atoms with van der Waals surface area (Å²) in [5.74, 6) is -0.291. The van der Waals surface area contributed by atoms with Crippen LogP contribution in [0, 0.1) is 5.92 Å². The first-order valence-corrected chi connectivity index (χ1v) is 8.66. The van der Waals surface area contributed by atoms with Gasteiger partial charge in [0.25, 0.3) is 0 Å². The molecule has 2 unspecified atom stereocenters. The molecule has 2 aromatic carbocycles. The second-order valence-corrected chi connectivity index (χ2v) is 6.56. The molecular formula is C22H19NO3. The first-order valence-electron chi connectivity index (χ1n) is 8.66. The Hall–Kier alpha value is -3.14. The van der Waals surface area contributed by atoms with Crippen molar-refractivity contribution >= 4 is 5.97 Å². The molecule has 1 aromatic heterocycles. The van der Waals surface area contributed by atoms with E-state index >= 15 is 0 Å². The molecule has 1 saturated carbocycles. The molecule has 4 rings (SSSR count). The summed E-state index contributed by atoms with van der Waals surface area (Å²) in [4.78, 5) is 15.3. The van der Waals surface area contributed by atoms with Crippen LogP contribution in [-0.2, 0) is 11.4 Å². The van der Waals surface area contributed by atoms with Crippen LogP contribution >= 0.6 is 0 Å². The van der Waals surface area contributed by atoms with Gasteiger partial charge in [-0.15, -0.1) is 0 Å². The lowest BCUT2D eigenvalue weighted by Crippen LogP contribution is -2.00. The molecule has 0 aliphatic heterocycles. The number of hydrogen-bond acceptors (Lipinski definition) is 3. The fraction of sp³-hybridized carbons (Fsp3) is 0.182. The van der Waals surface area contributed by atoms with Gasteiger partial charge in [0.05, 0.1) is 12.1 Å². The van der Waals surface area contributed by atoms with Crippen LogP contribution in [0.2, 0.25) is 0 Å². The third-order valence-corrected chi connectivity index (χ3v) is 4.69. The number of hydrogen-bond donors (Lipinski definition) is 1. The quantitative estimate of drug-likeness (QED) is 0.714. The van der Waals surface area contributed by atoms with Crippen molar-refractivity contribution in [3.63, 3.8) is 0 Å². The van der Waals surface area contributed by atoms with E-state index in [0.29, 0.717) is 18.8 Å². The number of carboxylic acid groups (broad SMARTS) is 1. The average molecular weight is 345 g/mol. The predicted molar refractivity (Wildman–Crippen MR) is 98.9 cm³/mol. The van der Waals surface area contributed by atoms with E-state index in [9.17, 15) is 4.79 Å². The summed E-state index contributed by atoms with van der Waals surface area (Å²) >= 11 is 0. The van der Waals surface area contributed by atoms with Crippen molar-refractivity contribution in [2.75, 3.05) is 0 Å². The molecule has 0 bridgehead atoms. The van der Waals surface area contributed by atoms with Gasteiger partial charge in [0.2, 0.25) is 0 Å². The Morgan fingerprint density at radius 1 is 1.04 bits per heavy atom. The summed E-state index contributed by atoms with van der Waals surface area (Å²) in [6.45, 7) is 0.461. The van der Waals surface area contributed by atoms with Crippen LogP contribution in [0.25, 0.3) is 11.1 Å². The van der Waals surface area contributed by atoms with Crippen LogP contribution in [0.3, 0.4) is 0 Å². The van der Waals surface area contributed by atoms with E-state index in [-0.39, 0.29) is 11.8 Å². The molecule has 0 amide bonds. The Morgan fingerprint density at radius 2 is 1.85 bits per heavy atom. The van der Waals surface area contributed by atoms with Crippen molar-refractivity contribution in [1.29, 1.82) is 0 Å². The summed E-state index contributed by atoms with van der Waals surface area (Å²) in [6, 6.07) is 22.2. The van der Waals surface area contributed by atoms with Gasteiger partial charge in [-0.25, -0.2) is 0 Å². The molecular weight excluding hydrogens is 326 g/mol. The van der Waals surface area contributed by atoms with Crippen LogP contribution in [0.15, 0.2) is 72.9 Å². The number of nitrogens with zero attached hydrogens (tertiary/aromatic N) is 1. The lowest BCUT2D eigenvalue weighted by atomic mass is 10.0. The molecule has 1 N–H and O–H groups in total. The number of carboxylic acids is 1. The first kappa shape index (κ1) is 16.3. The minimum absolute atomic E-state index is 0.0455. The summed E-state index contributed by atoms with van der Waals surface area (Å²) in [7, 11) is 0. The van der Waals surface area contributed by atoms with Crippen LogP contribution in [-0.4, -0.2) is 16.1 Å². The van der Waals surface area contributed by atoms with Crippen LogP contribution in [0.5, 0.6) is 5.75 Å². The maximum atomic E-state index is 10.9. The maximum Gasteiger partial charge on any atom is 0.307 e. The van der Waals surface area contributed by atoms with Crippen LogP contribution < -0.4 is 4.74 Å². The molecule has 1 heterocycles. The Balaban J connectivity index is 1.39. The number of pyridine rings is 1. The minimum Gasteiger partial charge on any atom is -0.487 e. The molecule has 2 atom stereocenters.